The molecule has 0 spiro atoms. The summed E-state index contributed by atoms with van der Waals surface area (Å²) in [6.45, 7) is 0.791. The van der Waals surface area contributed by atoms with E-state index in [-0.39, 0.29) is 6.61 Å². The fourth-order valence-corrected chi connectivity index (χ4v) is 4.24. The summed E-state index contributed by atoms with van der Waals surface area (Å²) in [5.41, 5.74) is 5.66. The Morgan fingerprint density at radius 1 is 0.818 bits per heavy atom. The number of amides is 1. The van der Waals surface area contributed by atoms with Gasteiger partial charge in [-0.1, -0.05) is 110 Å². The molecule has 0 bridgehead atoms. The third-order valence-corrected chi connectivity index (χ3v) is 6.03. The first-order valence-corrected chi connectivity index (χ1v) is 11.6. The minimum atomic E-state index is -0.457. The number of carbonyl (C=O) groups excluding carboxylic acids is 1. The molecule has 4 rings (SSSR count). The Morgan fingerprint density at radius 3 is 2.03 bits per heavy atom. The second-order valence-corrected chi connectivity index (χ2v) is 8.45. The number of hydrogen-bond acceptors (Lipinski definition) is 3. The molecular formula is C29H30N2O2. The lowest BCUT2D eigenvalue weighted by Crippen LogP contribution is -2.57. The molecule has 4 heteroatoms. The molecule has 0 unspecified atom stereocenters. The van der Waals surface area contributed by atoms with Crippen LogP contribution in [0, 0.1) is 11.8 Å². The Balaban J connectivity index is 1.58. The van der Waals surface area contributed by atoms with Crippen LogP contribution in [-0.2, 0) is 17.9 Å². The molecule has 0 radical (unpaired) electrons. The van der Waals surface area contributed by atoms with Crippen molar-refractivity contribution in [3.05, 3.63) is 108 Å². The molecule has 3 aromatic carbocycles. The van der Waals surface area contributed by atoms with E-state index in [0.29, 0.717) is 6.54 Å². The van der Waals surface area contributed by atoms with Gasteiger partial charge in [0.2, 0.25) is 0 Å². The second kappa shape index (κ2) is 11.4. The lowest BCUT2D eigenvalue weighted by molar-refractivity contribution is 0.0275. The number of ether oxygens (including phenoxy) is 1. The first kappa shape index (κ1) is 22.6. The van der Waals surface area contributed by atoms with Crippen molar-refractivity contribution >= 4 is 6.09 Å². The third kappa shape index (κ3) is 6.47. The van der Waals surface area contributed by atoms with E-state index in [0.717, 1.165) is 42.4 Å². The van der Waals surface area contributed by atoms with Gasteiger partial charge in [0.25, 0.3) is 0 Å². The maximum absolute atomic E-state index is 12.9. The van der Waals surface area contributed by atoms with E-state index in [1.165, 1.54) is 6.42 Å². The number of hydrogen-bond donors (Lipinski definition) is 1. The van der Waals surface area contributed by atoms with E-state index < -0.39 is 11.6 Å². The summed E-state index contributed by atoms with van der Waals surface area (Å²) in [5.74, 6) is 6.93. The number of nitrogens with one attached hydrogen (secondary N) is 1. The fourth-order valence-electron chi connectivity index (χ4n) is 4.24. The van der Waals surface area contributed by atoms with Crippen LogP contribution in [0.1, 0.15) is 48.8 Å². The SMILES string of the molecule is O=C(NN(Cc1ccccc1)C1(C#Cc2ccccc2)CCCCC1)OCc1ccccc1. The quantitative estimate of drug-likeness (QED) is 0.374. The Kier molecular flexibility index (Phi) is 7.79. The molecule has 3 aromatic rings. The zero-order chi connectivity index (χ0) is 22.8. The standard InChI is InChI=1S/C29H30N2O2/c32-28(33-24-27-17-9-3-10-18-27)30-31(23-26-15-7-2-8-16-26)29(20-11-4-12-21-29)22-19-25-13-5-1-6-14-25/h1-3,5-10,13-18H,4,11-12,20-21,23-24H2,(H,30,32). The molecule has 1 fully saturated rings. The third-order valence-electron chi connectivity index (χ3n) is 6.03. The van der Waals surface area contributed by atoms with Gasteiger partial charge < -0.3 is 4.74 Å². The highest BCUT2D eigenvalue weighted by Gasteiger charge is 2.38. The molecule has 0 atom stereocenters. The normalized spacial score (nSPS) is 14.7. The van der Waals surface area contributed by atoms with Crippen molar-refractivity contribution in [2.45, 2.75) is 50.8 Å². The number of benzene rings is 3. The van der Waals surface area contributed by atoms with Crippen LogP contribution < -0.4 is 5.43 Å². The summed E-state index contributed by atoms with van der Waals surface area (Å²) in [6.07, 6.45) is 4.69. The molecule has 1 saturated carbocycles. The highest BCUT2D eigenvalue weighted by molar-refractivity contribution is 5.66. The molecule has 1 N–H and O–H groups in total. The van der Waals surface area contributed by atoms with Gasteiger partial charge in [0.05, 0.1) is 0 Å². The molecule has 0 heterocycles. The predicted molar refractivity (Wildman–Crippen MR) is 131 cm³/mol. The number of nitrogens with zero attached hydrogens (tertiary/aromatic N) is 1. The molecular weight excluding hydrogens is 408 g/mol. The van der Waals surface area contributed by atoms with Gasteiger partial charge in [-0.2, -0.15) is 5.01 Å². The van der Waals surface area contributed by atoms with Crippen LogP contribution in [0.2, 0.25) is 0 Å². The van der Waals surface area contributed by atoms with E-state index in [9.17, 15) is 4.79 Å². The van der Waals surface area contributed by atoms with Crippen LogP contribution in [0.15, 0.2) is 91.0 Å². The van der Waals surface area contributed by atoms with Crippen LogP contribution in [-0.4, -0.2) is 16.6 Å². The fraction of sp³-hybridized carbons (Fsp3) is 0.276. The van der Waals surface area contributed by atoms with Gasteiger partial charge >= 0.3 is 6.09 Å². The Bertz CT molecular complexity index is 1070. The van der Waals surface area contributed by atoms with Crippen molar-refractivity contribution < 1.29 is 9.53 Å². The molecule has 1 aliphatic rings. The highest BCUT2D eigenvalue weighted by atomic mass is 16.6. The maximum Gasteiger partial charge on any atom is 0.422 e. The van der Waals surface area contributed by atoms with Gasteiger partial charge in [-0.3, -0.25) is 5.43 Å². The zero-order valence-corrected chi connectivity index (χ0v) is 18.9. The van der Waals surface area contributed by atoms with E-state index in [4.69, 9.17) is 4.74 Å². The van der Waals surface area contributed by atoms with Gasteiger partial charge in [0.1, 0.15) is 12.1 Å². The summed E-state index contributed by atoms with van der Waals surface area (Å²) in [5, 5.41) is 2.00. The largest absolute Gasteiger partial charge is 0.444 e. The van der Waals surface area contributed by atoms with Gasteiger partial charge in [-0.15, -0.1) is 0 Å². The molecule has 33 heavy (non-hydrogen) atoms. The lowest BCUT2D eigenvalue weighted by atomic mass is 9.81. The Hall–Kier alpha value is -3.55. The van der Waals surface area contributed by atoms with Crippen LogP contribution in [0.25, 0.3) is 0 Å². The molecule has 1 amide bonds. The average Bonchev–Trinajstić information content (AvgIpc) is 2.88. The Labute approximate surface area is 196 Å². The molecule has 0 aromatic heterocycles. The van der Waals surface area contributed by atoms with Crippen molar-refractivity contribution in [3.63, 3.8) is 0 Å². The van der Waals surface area contributed by atoms with Gasteiger partial charge in [0, 0.05) is 12.1 Å². The molecule has 1 aliphatic carbocycles. The van der Waals surface area contributed by atoms with Crippen LogP contribution in [0.5, 0.6) is 0 Å². The Morgan fingerprint density at radius 2 is 1.39 bits per heavy atom. The lowest BCUT2D eigenvalue weighted by Gasteiger charge is -2.42. The maximum atomic E-state index is 12.9. The van der Waals surface area contributed by atoms with Gasteiger partial charge in [-0.25, -0.2) is 4.79 Å². The second-order valence-electron chi connectivity index (χ2n) is 8.45. The van der Waals surface area contributed by atoms with Crippen molar-refractivity contribution in [3.8, 4) is 11.8 Å². The summed E-state index contributed by atoms with van der Waals surface area (Å²) in [7, 11) is 0. The van der Waals surface area contributed by atoms with Crippen molar-refractivity contribution in [1.82, 2.24) is 10.4 Å². The van der Waals surface area contributed by atoms with Crippen molar-refractivity contribution in [1.29, 1.82) is 0 Å². The number of hydrazine groups is 1. The van der Waals surface area contributed by atoms with Crippen molar-refractivity contribution in [2.75, 3.05) is 0 Å². The summed E-state index contributed by atoms with van der Waals surface area (Å²) in [6, 6.07) is 29.9. The molecule has 168 valence electrons. The van der Waals surface area contributed by atoms with Crippen molar-refractivity contribution in [2.24, 2.45) is 0 Å². The molecule has 0 aliphatic heterocycles. The molecule has 4 nitrogen and oxygen atoms in total. The van der Waals surface area contributed by atoms with E-state index in [2.05, 4.69) is 29.4 Å². The molecule has 0 saturated heterocycles. The van der Waals surface area contributed by atoms with Crippen LogP contribution in [0.3, 0.4) is 0 Å². The monoisotopic (exact) mass is 438 g/mol. The van der Waals surface area contributed by atoms with E-state index in [1.807, 2.05) is 83.9 Å². The average molecular weight is 439 g/mol. The summed E-state index contributed by atoms with van der Waals surface area (Å²) in [4.78, 5) is 12.9. The first-order chi connectivity index (χ1) is 16.2. The van der Waals surface area contributed by atoms with Crippen LogP contribution >= 0.6 is 0 Å². The minimum Gasteiger partial charge on any atom is -0.444 e. The van der Waals surface area contributed by atoms with Gasteiger partial charge in [-0.05, 0) is 36.1 Å². The van der Waals surface area contributed by atoms with E-state index in [1.54, 1.807) is 0 Å². The smallest absolute Gasteiger partial charge is 0.422 e. The number of carbonyl (C=O) groups is 1. The summed E-state index contributed by atoms with van der Waals surface area (Å²) >= 11 is 0. The minimum absolute atomic E-state index is 0.231. The first-order valence-electron chi connectivity index (χ1n) is 11.6. The van der Waals surface area contributed by atoms with E-state index >= 15 is 0 Å². The topological polar surface area (TPSA) is 41.6 Å². The predicted octanol–water partition coefficient (Wildman–Crippen LogP) is 6.08. The summed E-state index contributed by atoms with van der Waals surface area (Å²) < 4.78 is 5.55. The number of rotatable bonds is 6. The zero-order valence-electron chi connectivity index (χ0n) is 18.9. The van der Waals surface area contributed by atoms with Gasteiger partial charge in [0.15, 0.2) is 0 Å². The van der Waals surface area contributed by atoms with Crippen LogP contribution in [0.4, 0.5) is 4.79 Å². The highest BCUT2D eigenvalue weighted by Crippen LogP contribution is 2.33.